The Morgan fingerprint density at radius 1 is 1.53 bits per heavy atom. The summed E-state index contributed by atoms with van der Waals surface area (Å²) in [6.07, 6.45) is 0. The van der Waals surface area contributed by atoms with Gasteiger partial charge in [0.1, 0.15) is 22.8 Å². The Kier molecular flexibility index (Phi) is 2.58. The van der Waals surface area contributed by atoms with Gasteiger partial charge in [0.2, 0.25) is 0 Å². The van der Waals surface area contributed by atoms with E-state index >= 15 is 0 Å². The second-order valence-electron chi connectivity index (χ2n) is 4.09. The van der Waals surface area contributed by atoms with Gasteiger partial charge in [-0.2, -0.15) is 0 Å². The van der Waals surface area contributed by atoms with Gasteiger partial charge >= 0.3 is 5.97 Å². The van der Waals surface area contributed by atoms with Gasteiger partial charge in [0, 0.05) is 12.0 Å². The zero-order chi connectivity index (χ0) is 12.7. The van der Waals surface area contributed by atoms with Crippen LogP contribution in [0.2, 0.25) is 0 Å². The van der Waals surface area contributed by atoms with Crippen LogP contribution < -0.4 is 4.74 Å². The van der Waals surface area contributed by atoms with Crippen LogP contribution in [0.5, 0.6) is 11.5 Å². The van der Waals surface area contributed by atoms with E-state index in [1.54, 1.807) is 0 Å². The van der Waals surface area contributed by atoms with Crippen LogP contribution in [0.3, 0.4) is 0 Å². The van der Waals surface area contributed by atoms with Gasteiger partial charge < -0.3 is 14.6 Å². The molecule has 1 N–H and O–H groups in total. The number of methoxy groups -OCH3 is 1. The molecule has 1 unspecified atom stereocenters. The minimum Gasteiger partial charge on any atom is -0.507 e. The predicted molar refractivity (Wildman–Crippen MR) is 62.4 cm³/mol. The molecule has 2 rings (SSSR count). The number of hydrogen-bond acceptors (Lipinski definition) is 4. The first-order chi connectivity index (χ1) is 7.97. The minimum absolute atomic E-state index is 0.119. The molecule has 0 saturated heterocycles. The van der Waals surface area contributed by atoms with Crippen molar-refractivity contribution in [3.8, 4) is 11.5 Å². The molecular formula is C13H14O4. The number of hydrogen-bond donors (Lipinski definition) is 1. The average Bonchev–Trinajstić information content (AvgIpc) is 2.28. The van der Waals surface area contributed by atoms with E-state index in [0.29, 0.717) is 11.5 Å². The molecule has 1 aliphatic heterocycles. The Bertz CT molecular complexity index is 517. The summed E-state index contributed by atoms with van der Waals surface area (Å²) < 4.78 is 10.2. The first-order valence-electron chi connectivity index (χ1n) is 5.28. The van der Waals surface area contributed by atoms with Crippen molar-refractivity contribution in [2.24, 2.45) is 0 Å². The van der Waals surface area contributed by atoms with Gasteiger partial charge in [-0.05, 0) is 18.1 Å². The van der Waals surface area contributed by atoms with Gasteiger partial charge in [0.15, 0.2) is 0 Å². The van der Waals surface area contributed by atoms with Gasteiger partial charge in [-0.1, -0.05) is 13.5 Å². The van der Waals surface area contributed by atoms with Gasteiger partial charge in [-0.25, -0.2) is 4.79 Å². The summed E-state index contributed by atoms with van der Waals surface area (Å²) in [5, 5.41) is 9.86. The lowest BCUT2D eigenvalue weighted by Crippen LogP contribution is -2.20. The lowest BCUT2D eigenvalue weighted by atomic mass is 9.87. The number of rotatable bonds is 1. The van der Waals surface area contributed by atoms with Crippen LogP contribution in [-0.2, 0) is 4.74 Å². The van der Waals surface area contributed by atoms with E-state index < -0.39 is 5.97 Å². The van der Waals surface area contributed by atoms with Gasteiger partial charge in [-0.15, -0.1) is 0 Å². The first kappa shape index (κ1) is 11.5. The van der Waals surface area contributed by atoms with Crippen LogP contribution >= 0.6 is 0 Å². The van der Waals surface area contributed by atoms with Crippen LogP contribution in [0.15, 0.2) is 18.4 Å². The van der Waals surface area contributed by atoms with Crippen molar-refractivity contribution in [2.45, 2.75) is 19.8 Å². The lowest BCUT2D eigenvalue weighted by molar-refractivity contribution is 0.0580. The highest BCUT2D eigenvalue weighted by molar-refractivity contribution is 5.97. The molecule has 1 atom stereocenters. The van der Waals surface area contributed by atoms with E-state index in [9.17, 15) is 9.90 Å². The number of aromatic hydroxyl groups is 1. The molecule has 0 bridgehead atoms. The summed E-state index contributed by atoms with van der Waals surface area (Å²) in [6, 6.07) is 1.43. The SMILES string of the molecule is C=C1OC(=O)c2c(O)cc(OC)c(C)c2C1C. The number of carbonyl (C=O) groups excluding carboxylic acids is 1. The van der Waals surface area contributed by atoms with Crippen molar-refractivity contribution in [3.63, 3.8) is 0 Å². The molecule has 4 heteroatoms. The van der Waals surface area contributed by atoms with Crippen molar-refractivity contribution in [3.05, 3.63) is 35.1 Å². The van der Waals surface area contributed by atoms with Gasteiger partial charge in [0.25, 0.3) is 0 Å². The third kappa shape index (κ3) is 1.56. The highest BCUT2D eigenvalue weighted by atomic mass is 16.5. The summed E-state index contributed by atoms with van der Waals surface area (Å²) in [4.78, 5) is 11.7. The Morgan fingerprint density at radius 3 is 2.76 bits per heavy atom. The van der Waals surface area contributed by atoms with E-state index in [1.165, 1.54) is 13.2 Å². The zero-order valence-corrected chi connectivity index (χ0v) is 10.0. The molecule has 0 fully saturated rings. The van der Waals surface area contributed by atoms with E-state index in [1.807, 2.05) is 13.8 Å². The fraction of sp³-hybridized carbons (Fsp3) is 0.308. The number of ether oxygens (including phenoxy) is 2. The van der Waals surface area contributed by atoms with Crippen molar-refractivity contribution in [1.82, 2.24) is 0 Å². The Balaban J connectivity index is 2.78. The second-order valence-corrected chi connectivity index (χ2v) is 4.09. The number of cyclic esters (lactones) is 1. The summed E-state index contributed by atoms with van der Waals surface area (Å²) in [5.41, 5.74) is 1.76. The molecule has 0 aromatic heterocycles. The average molecular weight is 234 g/mol. The maximum absolute atomic E-state index is 11.7. The number of benzene rings is 1. The number of phenolic OH excluding ortho intramolecular Hbond substituents is 1. The molecule has 90 valence electrons. The van der Waals surface area contributed by atoms with Crippen molar-refractivity contribution >= 4 is 5.97 Å². The zero-order valence-electron chi connectivity index (χ0n) is 10.0. The number of fused-ring (bicyclic) bond motifs is 1. The number of allylic oxidation sites excluding steroid dienone is 1. The lowest BCUT2D eigenvalue weighted by Gasteiger charge is -2.26. The number of carbonyl (C=O) groups is 1. The van der Waals surface area contributed by atoms with Crippen LogP contribution in [0.1, 0.15) is 34.3 Å². The topological polar surface area (TPSA) is 55.8 Å². The van der Waals surface area contributed by atoms with Crippen LogP contribution in [0, 0.1) is 6.92 Å². The molecule has 0 saturated carbocycles. The third-order valence-electron chi connectivity index (χ3n) is 3.13. The van der Waals surface area contributed by atoms with Crippen LogP contribution in [0.4, 0.5) is 0 Å². The fourth-order valence-electron chi connectivity index (χ4n) is 2.15. The Hall–Kier alpha value is -1.97. The summed E-state index contributed by atoms with van der Waals surface area (Å²) in [7, 11) is 1.52. The third-order valence-corrected chi connectivity index (χ3v) is 3.13. The highest BCUT2D eigenvalue weighted by Crippen LogP contribution is 2.42. The van der Waals surface area contributed by atoms with Gasteiger partial charge in [0.05, 0.1) is 7.11 Å². The van der Waals surface area contributed by atoms with Crippen LogP contribution in [0.25, 0.3) is 0 Å². The largest absolute Gasteiger partial charge is 0.507 e. The second kappa shape index (κ2) is 3.80. The van der Waals surface area contributed by atoms with E-state index in [-0.39, 0.29) is 17.2 Å². The normalized spacial score (nSPS) is 18.6. The van der Waals surface area contributed by atoms with Crippen molar-refractivity contribution < 1.29 is 19.4 Å². The van der Waals surface area contributed by atoms with Crippen molar-refractivity contribution in [2.75, 3.05) is 7.11 Å². The fourth-order valence-corrected chi connectivity index (χ4v) is 2.15. The summed E-state index contributed by atoms with van der Waals surface area (Å²) in [5.74, 6) is 0.107. The molecule has 0 aliphatic carbocycles. The molecular weight excluding hydrogens is 220 g/mol. The predicted octanol–water partition coefficient (Wildman–Crippen LogP) is 2.50. The van der Waals surface area contributed by atoms with Crippen molar-refractivity contribution in [1.29, 1.82) is 0 Å². The Morgan fingerprint density at radius 2 is 2.18 bits per heavy atom. The summed E-state index contributed by atoms with van der Waals surface area (Å²) >= 11 is 0. The molecule has 17 heavy (non-hydrogen) atoms. The summed E-state index contributed by atoms with van der Waals surface area (Å²) in [6.45, 7) is 7.43. The minimum atomic E-state index is -0.564. The van der Waals surface area contributed by atoms with Gasteiger partial charge in [-0.3, -0.25) is 0 Å². The number of esters is 1. The molecule has 0 spiro atoms. The smallest absolute Gasteiger partial charge is 0.347 e. The standard InChI is InChI=1S/C13H14O4/c1-6-8(3)17-13(15)12-9(14)5-10(16-4)7(2)11(6)12/h5-6,14H,3H2,1-2,4H3. The van der Waals surface area contributed by atoms with E-state index in [4.69, 9.17) is 9.47 Å². The Labute approximate surface area is 99.5 Å². The first-order valence-corrected chi connectivity index (χ1v) is 5.28. The maximum atomic E-state index is 11.7. The quantitative estimate of drug-likeness (QED) is 0.758. The molecule has 1 aromatic rings. The molecule has 0 radical (unpaired) electrons. The maximum Gasteiger partial charge on any atom is 0.347 e. The monoisotopic (exact) mass is 234 g/mol. The number of phenols is 1. The molecule has 4 nitrogen and oxygen atoms in total. The molecule has 1 aliphatic rings. The molecule has 0 amide bonds. The molecule has 1 heterocycles. The highest BCUT2D eigenvalue weighted by Gasteiger charge is 2.33. The van der Waals surface area contributed by atoms with E-state index in [0.717, 1.165) is 11.1 Å². The van der Waals surface area contributed by atoms with E-state index in [2.05, 4.69) is 6.58 Å². The van der Waals surface area contributed by atoms with Crippen LogP contribution in [-0.4, -0.2) is 18.2 Å². The molecule has 1 aromatic carbocycles.